The van der Waals surface area contributed by atoms with Gasteiger partial charge in [0.05, 0.1) is 0 Å². The maximum absolute atomic E-state index is 13.1. The Balaban J connectivity index is 2.60. The Labute approximate surface area is 96.1 Å². The molecule has 0 fully saturated rings. The highest BCUT2D eigenvalue weighted by atomic mass is 79.9. The number of aldehydes is 1. The molecule has 15 heavy (non-hydrogen) atoms. The molecule has 0 saturated heterocycles. The summed E-state index contributed by atoms with van der Waals surface area (Å²) in [4.78, 5) is 10.8. The van der Waals surface area contributed by atoms with Crippen molar-refractivity contribution in [2.24, 2.45) is 0 Å². The lowest BCUT2D eigenvalue weighted by molar-refractivity contribution is -0.105. The van der Waals surface area contributed by atoms with E-state index in [0.29, 0.717) is 0 Å². The number of aryl methyl sites for hydroxylation is 1. The van der Waals surface area contributed by atoms with Crippen LogP contribution < -0.4 is 0 Å². The number of rotatable bonds is 1. The van der Waals surface area contributed by atoms with Gasteiger partial charge in [0.2, 0.25) is 0 Å². The number of hydrogen-bond acceptors (Lipinski definition) is 1. The van der Waals surface area contributed by atoms with Crippen LogP contribution >= 0.6 is 15.9 Å². The lowest BCUT2D eigenvalue weighted by Crippen LogP contribution is -1.90. The van der Waals surface area contributed by atoms with Gasteiger partial charge in [-0.2, -0.15) is 0 Å². The Morgan fingerprint density at radius 3 is 2.87 bits per heavy atom. The Morgan fingerprint density at radius 1 is 1.33 bits per heavy atom. The molecular formula is C12H10BrFO. The normalized spacial score (nSPS) is 15.9. The van der Waals surface area contributed by atoms with Crippen LogP contribution in [0.4, 0.5) is 4.39 Å². The van der Waals surface area contributed by atoms with Crippen LogP contribution in [-0.4, -0.2) is 6.29 Å². The van der Waals surface area contributed by atoms with Gasteiger partial charge in [-0.1, -0.05) is 6.07 Å². The monoisotopic (exact) mass is 268 g/mol. The third-order valence-electron chi connectivity index (χ3n) is 2.62. The number of benzene rings is 1. The van der Waals surface area contributed by atoms with Crippen molar-refractivity contribution in [3.05, 3.63) is 40.7 Å². The molecule has 0 unspecified atom stereocenters. The van der Waals surface area contributed by atoms with Crippen LogP contribution in [0.25, 0.3) is 4.48 Å². The van der Waals surface area contributed by atoms with Crippen molar-refractivity contribution in [1.29, 1.82) is 0 Å². The van der Waals surface area contributed by atoms with Gasteiger partial charge in [0.1, 0.15) is 12.1 Å². The second kappa shape index (κ2) is 4.27. The SMILES string of the molecule is O=CC1=C(Br)c2cc(F)ccc2CCC1. The van der Waals surface area contributed by atoms with Gasteiger partial charge in [0, 0.05) is 10.1 Å². The molecule has 0 heterocycles. The Morgan fingerprint density at radius 2 is 2.13 bits per heavy atom. The average Bonchev–Trinajstić information content (AvgIpc) is 2.39. The van der Waals surface area contributed by atoms with Crippen LogP contribution in [0.2, 0.25) is 0 Å². The first-order valence-electron chi connectivity index (χ1n) is 4.85. The molecule has 78 valence electrons. The molecule has 0 spiro atoms. The molecule has 0 amide bonds. The third kappa shape index (κ3) is 2.02. The predicted molar refractivity (Wildman–Crippen MR) is 61.2 cm³/mol. The number of halogens is 2. The van der Waals surface area contributed by atoms with Gasteiger partial charge in [0.15, 0.2) is 0 Å². The number of allylic oxidation sites excluding steroid dienone is 1. The smallest absolute Gasteiger partial charge is 0.147 e. The fourth-order valence-electron chi connectivity index (χ4n) is 1.83. The average molecular weight is 269 g/mol. The molecule has 2 rings (SSSR count). The first kappa shape index (κ1) is 10.6. The van der Waals surface area contributed by atoms with E-state index in [1.807, 2.05) is 0 Å². The quantitative estimate of drug-likeness (QED) is 0.713. The zero-order chi connectivity index (χ0) is 10.8. The van der Waals surface area contributed by atoms with Gasteiger partial charge < -0.3 is 0 Å². The molecule has 0 bridgehead atoms. The van der Waals surface area contributed by atoms with E-state index in [4.69, 9.17) is 0 Å². The minimum absolute atomic E-state index is 0.266. The standard InChI is InChI=1S/C12H10BrFO/c13-12-9(7-15)3-1-2-8-4-5-10(14)6-11(8)12/h4-7H,1-3H2. The van der Waals surface area contributed by atoms with Crippen molar-refractivity contribution in [2.45, 2.75) is 19.3 Å². The topological polar surface area (TPSA) is 17.1 Å². The second-order valence-corrected chi connectivity index (χ2v) is 4.41. The summed E-state index contributed by atoms with van der Waals surface area (Å²) in [6.45, 7) is 0. The molecule has 0 saturated carbocycles. The Bertz CT molecular complexity index is 437. The van der Waals surface area contributed by atoms with E-state index in [0.717, 1.165) is 46.7 Å². The first-order valence-corrected chi connectivity index (χ1v) is 5.64. The van der Waals surface area contributed by atoms with Crippen LogP contribution in [0, 0.1) is 5.82 Å². The summed E-state index contributed by atoms with van der Waals surface area (Å²) in [5.41, 5.74) is 2.63. The molecule has 0 atom stereocenters. The van der Waals surface area contributed by atoms with Gasteiger partial charge in [-0.3, -0.25) is 4.79 Å². The minimum Gasteiger partial charge on any atom is -0.298 e. The molecule has 0 aliphatic heterocycles. The lowest BCUT2D eigenvalue weighted by atomic mass is 10.0. The molecule has 0 N–H and O–H groups in total. The summed E-state index contributed by atoms with van der Waals surface area (Å²) in [6.07, 6.45) is 3.42. The van der Waals surface area contributed by atoms with Crippen LogP contribution in [0.1, 0.15) is 24.0 Å². The van der Waals surface area contributed by atoms with Crippen molar-refractivity contribution >= 4 is 26.7 Å². The van der Waals surface area contributed by atoms with E-state index >= 15 is 0 Å². The highest BCUT2D eigenvalue weighted by molar-refractivity contribution is 9.15. The van der Waals surface area contributed by atoms with Crippen molar-refractivity contribution in [3.8, 4) is 0 Å². The molecule has 1 nitrogen and oxygen atoms in total. The van der Waals surface area contributed by atoms with Crippen molar-refractivity contribution in [1.82, 2.24) is 0 Å². The molecule has 0 aromatic heterocycles. The fourth-order valence-corrected chi connectivity index (χ4v) is 2.49. The highest BCUT2D eigenvalue weighted by Gasteiger charge is 2.15. The second-order valence-electron chi connectivity index (χ2n) is 3.61. The van der Waals surface area contributed by atoms with Gasteiger partial charge in [-0.25, -0.2) is 4.39 Å². The van der Waals surface area contributed by atoms with Gasteiger partial charge in [-0.15, -0.1) is 0 Å². The minimum atomic E-state index is -0.266. The van der Waals surface area contributed by atoms with Crippen LogP contribution in [0.3, 0.4) is 0 Å². The highest BCUT2D eigenvalue weighted by Crippen LogP contribution is 2.33. The summed E-state index contributed by atoms with van der Waals surface area (Å²) < 4.78 is 13.8. The summed E-state index contributed by atoms with van der Waals surface area (Å²) in [6, 6.07) is 4.74. The molecule has 1 aromatic carbocycles. The zero-order valence-corrected chi connectivity index (χ0v) is 9.68. The van der Waals surface area contributed by atoms with Crippen molar-refractivity contribution in [2.75, 3.05) is 0 Å². The number of fused-ring (bicyclic) bond motifs is 1. The molecule has 0 radical (unpaired) electrons. The summed E-state index contributed by atoms with van der Waals surface area (Å²) in [5, 5.41) is 0. The number of hydrogen-bond donors (Lipinski definition) is 0. The van der Waals surface area contributed by atoms with E-state index in [1.54, 1.807) is 6.07 Å². The number of carbonyl (C=O) groups excluding carboxylic acids is 1. The maximum atomic E-state index is 13.1. The van der Waals surface area contributed by atoms with Gasteiger partial charge in [0.25, 0.3) is 0 Å². The molecule has 3 heteroatoms. The van der Waals surface area contributed by atoms with Crippen molar-refractivity contribution in [3.63, 3.8) is 0 Å². The predicted octanol–water partition coefficient (Wildman–Crippen LogP) is 3.47. The zero-order valence-electron chi connectivity index (χ0n) is 8.09. The molecular weight excluding hydrogens is 259 g/mol. The summed E-state index contributed by atoms with van der Waals surface area (Å²) in [5.74, 6) is -0.266. The van der Waals surface area contributed by atoms with Crippen LogP contribution in [-0.2, 0) is 11.2 Å². The molecule has 1 aliphatic carbocycles. The van der Waals surface area contributed by atoms with E-state index < -0.39 is 0 Å². The maximum Gasteiger partial charge on any atom is 0.147 e. The summed E-state index contributed by atoms with van der Waals surface area (Å²) in [7, 11) is 0. The van der Waals surface area contributed by atoms with Crippen LogP contribution in [0.5, 0.6) is 0 Å². The van der Waals surface area contributed by atoms with Gasteiger partial charge in [-0.05, 0) is 58.5 Å². The third-order valence-corrected chi connectivity index (χ3v) is 3.56. The largest absolute Gasteiger partial charge is 0.298 e. The Hall–Kier alpha value is -0.960. The van der Waals surface area contributed by atoms with E-state index in [-0.39, 0.29) is 5.82 Å². The van der Waals surface area contributed by atoms with E-state index in [1.165, 1.54) is 12.1 Å². The van der Waals surface area contributed by atoms with Gasteiger partial charge >= 0.3 is 0 Å². The molecule has 1 aliphatic rings. The van der Waals surface area contributed by atoms with E-state index in [9.17, 15) is 9.18 Å². The first-order chi connectivity index (χ1) is 7.22. The summed E-state index contributed by atoms with van der Waals surface area (Å²) >= 11 is 3.38. The Kier molecular flexibility index (Phi) is 3.00. The van der Waals surface area contributed by atoms with Crippen molar-refractivity contribution < 1.29 is 9.18 Å². The van der Waals surface area contributed by atoms with Crippen LogP contribution in [0.15, 0.2) is 23.8 Å². The molecule has 1 aromatic rings. The number of carbonyl (C=O) groups is 1. The van der Waals surface area contributed by atoms with E-state index in [2.05, 4.69) is 15.9 Å². The lowest BCUT2D eigenvalue weighted by Gasteiger charge is -2.06. The fraction of sp³-hybridized carbons (Fsp3) is 0.250.